The highest BCUT2D eigenvalue weighted by molar-refractivity contribution is 7.22. The fraction of sp³-hybridized carbons (Fsp3) is 0.391. The highest BCUT2D eigenvalue weighted by Crippen LogP contribution is 2.32. The maximum atomic E-state index is 10.7. The predicted molar refractivity (Wildman–Crippen MR) is 127 cm³/mol. The SMILES string of the molecule is C=C/C(=C\C(C)=C/CCC(=O)O)CN1CCN(c2nc3ccc(Cl)cc3s2)[C@@H](C)C1. The van der Waals surface area contributed by atoms with Crippen LogP contribution < -0.4 is 4.90 Å². The van der Waals surface area contributed by atoms with Crippen molar-refractivity contribution < 1.29 is 9.90 Å². The number of benzene rings is 1. The topological polar surface area (TPSA) is 56.7 Å². The zero-order valence-electron chi connectivity index (χ0n) is 17.5. The Morgan fingerprint density at radius 1 is 1.43 bits per heavy atom. The van der Waals surface area contributed by atoms with Crippen molar-refractivity contribution in [3.8, 4) is 0 Å². The molecule has 0 spiro atoms. The number of thiazole rings is 1. The zero-order valence-corrected chi connectivity index (χ0v) is 19.0. The van der Waals surface area contributed by atoms with Crippen LogP contribution in [0.1, 0.15) is 26.7 Å². The number of carboxylic acid groups (broad SMARTS) is 1. The van der Waals surface area contributed by atoms with E-state index in [0.717, 1.165) is 57.7 Å². The second-order valence-corrected chi connectivity index (χ2v) is 9.14. The Kier molecular flexibility index (Phi) is 7.69. The van der Waals surface area contributed by atoms with E-state index in [2.05, 4.69) is 29.4 Å². The van der Waals surface area contributed by atoms with E-state index in [1.807, 2.05) is 37.3 Å². The maximum absolute atomic E-state index is 10.7. The molecule has 0 bridgehead atoms. The molecule has 0 radical (unpaired) electrons. The monoisotopic (exact) mass is 445 g/mol. The van der Waals surface area contributed by atoms with Gasteiger partial charge in [-0.05, 0) is 44.0 Å². The van der Waals surface area contributed by atoms with Gasteiger partial charge in [-0.3, -0.25) is 9.69 Å². The molecule has 7 heteroatoms. The molecule has 2 heterocycles. The first-order chi connectivity index (χ1) is 14.4. The second-order valence-electron chi connectivity index (χ2n) is 7.69. The van der Waals surface area contributed by atoms with Gasteiger partial charge in [-0.25, -0.2) is 4.98 Å². The van der Waals surface area contributed by atoms with Crippen LogP contribution >= 0.6 is 22.9 Å². The minimum absolute atomic E-state index is 0.159. The van der Waals surface area contributed by atoms with E-state index in [1.165, 1.54) is 0 Å². The number of halogens is 1. The summed E-state index contributed by atoms with van der Waals surface area (Å²) in [5.41, 5.74) is 3.22. The number of nitrogens with zero attached hydrogens (tertiary/aromatic N) is 3. The first-order valence-corrected chi connectivity index (χ1v) is 11.3. The minimum atomic E-state index is -0.768. The smallest absolute Gasteiger partial charge is 0.303 e. The molecule has 1 atom stereocenters. The van der Waals surface area contributed by atoms with Gasteiger partial charge in [-0.1, -0.05) is 53.3 Å². The van der Waals surface area contributed by atoms with E-state index in [9.17, 15) is 4.79 Å². The summed E-state index contributed by atoms with van der Waals surface area (Å²) >= 11 is 7.81. The number of carboxylic acids is 1. The first-order valence-electron chi connectivity index (χ1n) is 10.1. The quantitative estimate of drug-likeness (QED) is 0.552. The average molecular weight is 446 g/mol. The number of hydrogen-bond donors (Lipinski definition) is 1. The van der Waals surface area contributed by atoms with Crippen LogP contribution in [-0.4, -0.2) is 53.2 Å². The van der Waals surface area contributed by atoms with E-state index >= 15 is 0 Å². The van der Waals surface area contributed by atoms with Crippen molar-refractivity contribution in [2.75, 3.05) is 31.1 Å². The predicted octanol–water partition coefficient (Wildman–Crippen LogP) is 5.38. The van der Waals surface area contributed by atoms with Gasteiger partial charge in [0, 0.05) is 43.7 Å². The number of piperazine rings is 1. The van der Waals surface area contributed by atoms with Crippen molar-refractivity contribution in [2.45, 2.75) is 32.7 Å². The summed E-state index contributed by atoms with van der Waals surface area (Å²) in [4.78, 5) is 20.3. The fourth-order valence-electron chi connectivity index (χ4n) is 3.67. The van der Waals surface area contributed by atoms with Gasteiger partial charge in [0.2, 0.25) is 0 Å². The molecule has 1 aromatic heterocycles. The van der Waals surface area contributed by atoms with Gasteiger partial charge in [0.1, 0.15) is 0 Å². The Morgan fingerprint density at radius 3 is 2.93 bits per heavy atom. The van der Waals surface area contributed by atoms with Gasteiger partial charge in [0.05, 0.1) is 10.2 Å². The number of rotatable bonds is 8. The Labute approximate surface area is 187 Å². The molecule has 1 aliphatic heterocycles. The van der Waals surface area contributed by atoms with E-state index in [-0.39, 0.29) is 6.42 Å². The van der Waals surface area contributed by atoms with Gasteiger partial charge in [0.15, 0.2) is 5.13 Å². The molecule has 0 aliphatic carbocycles. The number of allylic oxidation sites excluding steroid dienone is 3. The third-order valence-corrected chi connectivity index (χ3v) is 6.49. The maximum Gasteiger partial charge on any atom is 0.303 e. The normalized spacial score (nSPS) is 18.8. The summed E-state index contributed by atoms with van der Waals surface area (Å²) < 4.78 is 1.12. The Morgan fingerprint density at radius 2 is 2.23 bits per heavy atom. The standard InChI is InChI=1S/C23H28ClN3O2S/c1-4-18(12-16(2)6-5-7-22(28)29)15-26-10-11-27(17(3)14-26)23-25-20-9-8-19(24)13-21(20)30-23/h4,6,8-9,12-13,17H,1,5,7,10-11,14-15H2,2-3H3,(H,28,29)/b16-6-,18-12+/t17-/m0/s1. The summed E-state index contributed by atoms with van der Waals surface area (Å²) in [6.45, 7) is 11.9. The van der Waals surface area contributed by atoms with Gasteiger partial charge in [0.25, 0.3) is 0 Å². The fourth-order valence-corrected chi connectivity index (χ4v) is 5.04. The molecular weight excluding hydrogens is 418 g/mol. The molecule has 1 fully saturated rings. The molecule has 1 aliphatic rings. The molecule has 5 nitrogen and oxygen atoms in total. The lowest BCUT2D eigenvalue weighted by Gasteiger charge is -2.40. The highest BCUT2D eigenvalue weighted by Gasteiger charge is 2.26. The van der Waals surface area contributed by atoms with Crippen molar-refractivity contribution in [3.63, 3.8) is 0 Å². The Balaban J connectivity index is 1.61. The lowest BCUT2D eigenvalue weighted by atomic mass is 10.1. The Bertz CT molecular complexity index is 982. The lowest BCUT2D eigenvalue weighted by Crippen LogP contribution is -2.52. The molecule has 1 N–H and O–H groups in total. The van der Waals surface area contributed by atoms with Gasteiger partial charge < -0.3 is 10.0 Å². The van der Waals surface area contributed by atoms with Gasteiger partial charge >= 0.3 is 5.97 Å². The number of hydrogen-bond acceptors (Lipinski definition) is 5. The molecule has 0 unspecified atom stereocenters. The van der Waals surface area contributed by atoms with Crippen LogP contribution in [0.4, 0.5) is 5.13 Å². The van der Waals surface area contributed by atoms with Crippen molar-refractivity contribution in [1.29, 1.82) is 0 Å². The molecule has 2 aromatic rings. The third kappa shape index (κ3) is 5.94. The number of carbonyl (C=O) groups is 1. The average Bonchev–Trinajstić information content (AvgIpc) is 3.10. The summed E-state index contributed by atoms with van der Waals surface area (Å²) in [5, 5.41) is 10.6. The number of aromatic nitrogens is 1. The molecule has 160 valence electrons. The zero-order chi connectivity index (χ0) is 21.7. The van der Waals surface area contributed by atoms with Gasteiger partial charge in [-0.15, -0.1) is 0 Å². The van der Waals surface area contributed by atoms with E-state index < -0.39 is 5.97 Å². The molecular formula is C23H28ClN3O2S. The minimum Gasteiger partial charge on any atom is -0.481 e. The molecule has 0 saturated carbocycles. The van der Waals surface area contributed by atoms with E-state index in [1.54, 1.807) is 11.3 Å². The molecule has 0 amide bonds. The Hall–Kier alpha value is -2.15. The lowest BCUT2D eigenvalue weighted by molar-refractivity contribution is -0.136. The molecule has 30 heavy (non-hydrogen) atoms. The van der Waals surface area contributed by atoms with Crippen molar-refractivity contribution in [3.05, 3.63) is 59.2 Å². The number of aliphatic carboxylic acids is 1. The summed E-state index contributed by atoms with van der Waals surface area (Å²) in [7, 11) is 0. The van der Waals surface area contributed by atoms with Crippen molar-refractivity contribution >= 4 is 44.3 Å². The molecule has 1 aromatic carbocycles. The molecule has 3 rings (SSSR count). The summed E-state index contributed by atoms with van der Waals surface area (Å²) in [5.74, 6) is -0.768. The van der Waals surface area contributed by atoms with Crippen LogP contribution in [0.3, 0.4) is 0 Å². The van der Waals surface area contributed by atoms with Crippen LogP contribution in [0.25, 0.3) is 10.2 Å². The number of anilines is 1. The van der Waals surface area contributed by atoms with Gasteiger partial charge in [-0.2, -0.15) is 0 Å². The second kappa shape index (κ2) is 10.2. The van der Waals surface area contributed by atoms with E-state index in [4.69, 9.17) is 21.7 Å². The first kappa shape index (κ1) is 22.5. The van der Waals surface area contributed by atoms with Crippen LogP contribution in [-0.2, 0) is 4.79 Å². The summed E-state index contributed by atoms with van der Waals surface area (Å²) in [6, 6.07) is 6.20. The van der Waals surface area contributed by atoms with Crippen molar-refractivity contribution in [2.24, 2.45) is 0 Å². The highest BCUT2D eigenvalue weighted by atomic mass is 35.5. The van der Waals surface area contributed by atoms with Crippen LogP contribution in [0.2, 0.25) is 5.02 Å². The number of fused-ring (bicyclic) bond motifs is 1. The van der Waals surface area contributed by atoms with Crippen LogP contribution in [0.15, 0.2) is 54.2 Å². The summed E-state index contributed by atoms with van der Waals surface area (Å²) in [6.07, 6.45) is 6.67. The third-order valence-electron chi connectivity index (χ3n) is 5.20. The van der Waals surface area contributed by atoms with Crippen molar-refractivity contribution in [1.82, 2.24) is 9.88 Å². The van der Waals surface area contributed by atoms with Crippen LogP contribution in [0.5, 0.6) is 0 Å². The largest absolute Gasteiger partial charge is 0.481 e. The van der Waals surface area contributed by atoms with E-state index in [0.29, 0.717) is 12.5 Å². The van der Waals surface area contributed by atoms with Crippen LogP contribution in [0, 0.1) is 0 Å². The molecule has 1 saturated heterocycles.